The number of fused-ring (bicyclic) bond motifs is 1. The van der Waals surface area contributed by atoms with Gasteiger partial charge in [-0.1, -0.05) is 19.8 Å². The Hall–Kier alpha value is -2.00. The molecule has 0 saturated heterocycles. The van der Waals surface area contributed by atoms with E-state index in [1.54, 1.807) is 13.1 Å². The van der Waals surface area contributed by atoms with Crippen molar-refractivity contribution in [1.82, 2.24) is 19.7 Å². The standard InChI is InChI=1S/C18H28N4O4S/c1-4-6-8-16(18(23)26-5-2)22-27(24,25)12-7-9-14-17-15(10-11-19-14)20-13(3)21-17/h10-11,16,22H,4-9,12H2,1-3H3,(H,20,21)/t16-/m0/s1. The van der Waals surface area contributed by atoms with E-state index in [0.717, 1.165) is 35.4 Å². The molecule has 0 aliphatic heterocycles. The summed E-state index contributed by atoms with van der Waals surface area (Å²) in [6.45, 7) is 5.78. The topological polar surface area (TPSA) is 114 Å². The van der Waals surface area contributed by atoms with Crippen molar-refractivity contribution in [3.63, 3.8) is 0 Å². The van der Waals surface area contributed by atoms with E-state index < -0.39 is 22.0 Å². The molecule has 0 aromatic carbocycles. The summed E-state index contributed by atoms with van der Waals surface area (Å²) in [6, 6.07) is 1.01. The summed E-state index contributed by atoms with van der Waals surface area (Å²) in [5.41, 5.74) is 2.42. The van der Waals surface area contributed by atoms with Gasteiger partial charge in [-0.2, -0.15) is 0 Å². The van der Waals surface area contributed by atoms with Gasteiger partial charge in [0.05, 0.1) is 23.6 Å². The predicted molar refractivity (Wildman–Crippen MR) is 104 cm³/mol. The first-order valence-corrected chi connectivity index (χ1v) is 11.0. The van der Waals surface area contributed by atoms with Gasteiger partial charge in [-0.3, -0.25) is 9.78 Å². The van der Waals surface area contributed by atoms with Crippen LogP contribution in [0.2, 0.25) is 0 Å². The molecule has 0 saturated carbocycles. The number of nitrogens with one attached hydrogen (secondary N) is 2. The lowest BCUT2D eigenvalue weighted by atomic mass is 10.1. The van der Waals surface area contributed by atoms with Crippen LogP contribution in [0.4, 0.5) is 0 Å². The molecular weight excluding hydrogens is 368 g/mol. The highest BCUT2D eigenvalue weighted by molar-refractivity contribution is 7.89. The van der Waals surface area contributed by atoms with Gasteiger partial charge in [0.25, 0.3) is 0 Å². The maximum absolute atomic E-state index is 12.4. The normalized spacial score (nSPS) is 13.0. The zero-order valence-electron chi connectivity index (χ0n) is 16.1. The molecule has 2 N–H and O–H groups in total. The maximum Gasteiger partial charge on any atom is 0.324 e. The van der Waals surface area contributed by atoms with Crippen LogP contribution in [-0.2, 0) is 26.0 Å². The summed E-state index contributed by atoms with van der Waals surface area (Å²) in [5.74, 6) is 0.186. The number of esters is 1. The molecule has 0 bridgehead atoms. The summed E-state index contributed by atoms with van der Waals surface area (Å²) in [6.07, 6.45) is 4.61. The van der Waals surface area contributed by atoms with E-state index in [1.807, 2.05) is 19.9 Å². The highest BCUT2D eigenvalue weighted by atomic mass is 32.2. The third kappa shape index (κ3) is 6.28. The highest BCUT2D eigenvalue weighted by Gasteiger charge is 2.25. The molecule has 2 rings (SSSR count). The largest absolute Gasteiger partial charge is 0.465 e. The first-order chi connectivity index (χ1) is 12.9. The number of sulfonamides is 1. The Morgan fingerprint density at radius 3 is 2.81 bits per heavy atom. The van der Waals surface area contributed by atoms with Crippen LogP contribution in [0, 0.1) is 6.92 Å². The van der Waals surface area contributed by atoms with Crippen LogP contribution in [0.5, 0.6) is 0 Å². The van der Waals surface area contributed by atoms with E-state index >= 15 is 0 Å². The first kappa shape index (κ1) is 21.3. The molecule has 0 aliphatic rings. The number of unbranched alkanes of at least 4 members (excludes halogenated alkanes) is 1. The fourth-order valence-corrected chi connectivity index (χ4v) is 4.17. The number of aromatic nitrogens is 3. The molecule has 0 fully saturated rings. The minimum Gasteiger partial charge on any atom is -0.465 e. The number of carbonyl (C=O) groups excluding carboxylic acids is 1. The van der Waals surface area contributed by atoms with Gasteiger partial charge in [0.2, 0.25) is 10.0 Å². The number of aromatic amines is 1. The predicted octanol–water partition coefficient (Wildman–Crippen LogP) is 2.24. The monoisotopic (exact) mass is 396 g/mol. The molecule has 1 atom stereocenters. The van der Waals surface area contributed by atoms with Crippen molar-refractivity contribution >= 4 is 27.0 Å². The fourth-order valence-electron chi connectivity index (χ4n) is 2.88. The summed E-state index contributed by atoms with van der Waals surface area (Å²) >= 11 is 0. The van der Waals surface area contributed by atoms with Crippen LogP contribution < -0.4 is 4.72 Å². The van der Waals surface area contributed by atoms with Gasteiger partial charge < -0.3 is 9.72 Å². The number of hydrogen-bond donors (Lipinski definition) is 2. The van der Waals surface area contributed by atoms with Gasteiger partial charge >= 0.3 is 5.97 Å². The van der Waals surface area contributed by atoms with E-state index in [9.17, 15) is 13.2 Å². The highest BCUT2D eigenvalue weighted by Crippen LogP contribution is 2.15. The van der Waals surface area contributed by atoms with E-state index in [4.69, 9.17) is 4.74 Å². The number of rotatable bonds is 11. The van der Waals surface area contributed by atoms with Gasteiger partial charge in [0.15, 0.2) is 0 Å². The Morgan fingerprint density at radius 2 is 2.11 bits per heavy atom. The number of pyridine rings is 1. The van der Waals surface area contributed by atoms with Crippen LogP contribution >= 0.6 is 0 Å². The smallest absolute Gasteiger partial charge is 0.324 e. The van der Waals surface area contributed by atoms with Crippen molar-refractivity contribution in [2.24, 2.45) is 0 Å². The molecule has 0 aliphatic carbocycles. The molecular formula is C18H28N4O4S. The van der Waals surface area contributed by atoms with Gasteiger partial charge in [-0.05, 0) is 39.2 Å². The summed E-state index contributed by atoms with van der Waals surface area (Å²) < 4.78 is 32.3. The van der Waals surface area contributed by atoms with Crippen molar-refractivity contribution in [3.05, 3.63) is 23.8 Å². The number of carbonyl (C=O) groups is 1. The Morgan fingerprint density at radius 1 is 1.33 bits per heavy atom. The van der Waals surface area contributed by atoms with E-state index in [1.165, 1.54) is 0 Å². The Balaban J connectivity index is 1.97. The van der Waals surface area contributed by atoms with Crippen LogP contribution in [0.1, 0.15) is 51.0 Å². The number of ether oxygens (including phenoxy) is 1. The molecule has 0 radical (unpaired) electrons. The molecule has 0 unspecified atom stereocenters. The average molecular weight is 397 g/mol. The Labute approximate surface area is 160 Å². The minimum absolute atomic E-state index is 0.0868. The SMILES string of the molecule is CCCC[C@H](NS(=O)(=O)CCCc1nccc2[nH]c(C)nc12)C(=O)OCC. The van der Waals surface area contributed by atoms with Gasteiger partial charge in [-0.15, -0.1) is 0 Å². The van der Waals surface area contributed by atoms with Crippen molar-refractivity contribution in [2.75, 3.05) is 12.4 Å². The van der Waals surface area contributed by atoms with Crippen LogP contribution in [0.25, 0.3) is 11.0 Å². The van der Waals surface area contributed by atoms with Crippen molar-refractivity contribution < 1.29 is 17.9 Å². The number of aryl methyl sites for hydroxylation is 2. The fraction of sp³-hybridized carbons (Fsp3) is 0.611. The summed E-state index contributed by atoms with van der Waals surface area (Å²) in [5, 5.41) is 0. The molecule has 9 heteroatoms. The van der Waals surface area contributed by atoms with E-state index in [0.29, 0.717) is 19.3 Å². The van der Waals surface area contributed by atoms with Gasteiger partial charge in [0.1, 0.15) is 17.4 Å². The number of H-pyrrole nitrogens is 1. The summed E-state index contributed by atoms with van der Waals surface area (Å²) in [4.78, 5) is 23.9. The van der Waals surface area contributed by atoms with Gasteiger partial charge in [0, 0.05) is 6.20 Å². The second kappa shape index (κ2) is 9.80. The molecule has 150 valence electrons. The second-order valence-corrected chi connectivity index (χ2v) is 8.34. The molecule has 0 spiro atoms. The number of imidazole rings is 1. The number of hydrogen-bond acceptors (Lipinski definition) is 6. The zero-order valence-corrected chi connectivity index (χ0v) is 16.9. The van der Waals surface area contributed by atoms with E-state index in [-0.39, 0.29) is 12.4 Å². The van der Waals surface area contributed by atoms with E-state index in [2.05, 4.69) is 19.7 Å². The second-order valence-electron chi connectivity index (χ2n) is 6.46. The van der Waals surface area contributed by atoms with Crippen LogP contribution in [0.3, 0.4) is 0 Å². The quantitative estimate of drug-likeness (QED) is 0.563. The first-order valence-electron chi connectivity index (χ1n) is 9.33. The maximum atomic E-state index is 12.4. The lowest BCUT2D eigenvalue weighted by Gasteiger charge is -2.17. The van der Waals surface area contributed by atoms with Crippen molar-refractivity contribution in [1.29, 1.82) is 0 Å². The number of nitrogens with zero attached hydrogens (tertiary/aromatic N) is 2. The zero-order chi connectivity index (χ0) is 19.9. The summed E-state index contributed by atoms with van der Waals surface area (Å²) in [7, 11) is -3.60. The third-order valence-electron chi connectivity index (χ3n) is 4.16. The van der Waals surface area contributed by atoms with Crippen LogP contribution in [0.15, 0.2) is 12.3 Å². The molecule has 2 aromatic rings. The molecule has 2 aromatic heterocycles. The molecule has 2 heterocycles. The molecule has 0 amide bonds. The Bertz CT molecular complexity index is 863. The average Bonchev–Trinajstić information content (AvgIpc) is 2.99. The lowest BCUT2D eigenvalue weighted by molar-refractivity contribution is -0.145. The third-order valence-corrected chi connectivity index (χ3v) is 5.63. The molecule has 27 heavy (non-hydrogen) atoms. The minimum atomic E-state index is -3.60. The molecule has 8 nitrogen and oxygen atoms in total. The van der Waals surface area contributed by atoms with Gasteiger partial charge in [-0.25, -0.2) is 18.1 Å². The van der Waals surface area contributed by atoms with Crippen molar-refractivity contribution in [2.45, 2.75) is 58.9 Å². The van der Waals surface area contributed by atoms with Crippen LogP contribution in [-0.4, -0.2) is 47.7 Å². The Kier molecular flexibility index (Phi) is 7.73. The van der Waals surface area contributed by atoms with Crippen molar-refractivity contribution in [3.8, 4) is 0 Å². The lowest BCUT2D eigenvalue weighted by Crippen LogP contribution is -2.42.